The molecule has 0 radical (unpaired) electrons. The lowest BCUT2D eigenvalue weighted by atomic mass is 9.90. The number of halogens is 1. The van der Waals surface area contributed by atoms with E-state index in [0.717, 1.165) is 12.4 Å². The highest BCUT2D eigenvalue weighted by molar-refractivity contribution is 5.30. The zero-order valence-corrected chi connectivity index (χ0v) is 12.2. The molecule has 3 heteroatoms. The Labute approximate surface area is 121 Å². The van der Waals surface area contributed by atoms with Gasteiger partial charge >= 0.3 is 0 Å². The largest absolute Gasteiger partial charge is 0.493 e. The second kappa shape index (κ2) is 8.25. The van der Waals surface area contributed by atoms with Crippen LogP contribution in [0.2, 0.25) is 0 Å². The van der Waals surface area contributed by atoms with Crippen molar-refractivity contribution in [1.82, 2.24) is 0 Å². The fourth-order valence-electron chi connectivity index (χ4n) is 2.83. The monoisotopic (exact) mass is 279 g/mol. The summed E-state index contributed by atoms with van der Waals surface area (Å²) in [6, 6.07) is 7.46. The first-order valence-corrected chi connectivity index (χ1v) is 7.86. The van der Waals surface area contributed by atoms with Gasteiger partial charge in [-0.25, -0.2) is 4.39 Å². The summed E-state index contributed by atoms with van der Waals surface area (Å²) in [6.07, 6.45) is 6.80. The first-order chi connectivity index (χ1) is 9.79. The Hall–Kier alpha value is -1.09. The Kier molecular flexibility index (Phi) is 6.31. The van der Waals surface area contributed by atoms with E-state index in [-0.39, 0.29) is 0 Å². The Balaban J connectivity index is 1.85. The van der Waals surface area contributed by atoms with E-state index in [1.807, 2.05) is 24.3 Å². The SMILES string of the molecule is NCCCC(F)c1cccc(OCC2CCCCC2)c1. The van der Waals surface area contributed by atoms with Crippen molar-refractivity contribution in [2.24, 2.45) is 11.7 Å². The molecule has 1 aromatic carbocycles. The minimum atomic E-state index is -0.934. The summed E-state index contributed by atoms with van der Waals surface area (Å²) in [7, 11) is 0. The van der Waals surface area contributed by atoms with Crippen LogP contribution in [0, 0.1) is 5.92 Å². The van der Waals surface area contributed by atoms with Crippen molar-refractivity contribution in [3.05, 3.63) is 29.8 Å². The number of nitrogens with two attached hydrogens (primary N) is 1. The Morgan fingerprint density at radius 1 is 1.25 bits per heavy atom. The van der Waals surface area contributed by atoms with Gasteiger partial charge in [0, 0.05) is 0 Å². The quantitative estimate of drug-likeness (QED) is 0.803. The summed E-state index contributed by atoms with van der Waals surface area (Å²) in [5, 5.41) is 0. The van der Waals surface area contributed by atoms with Crippen molar-refractivity contribution in [3.8, 4) is 5.75 Å². The molecule has 0 aliphatic heterocycles. The fourth-order valence-corrected chi connectivity index (χ4v) is 2.83. The molecule has 1 aromatic rings. The molecule has 0 aromatic heterocycles. The van der Waals surface area contributed by atoms with Gasteiger partial charge < -0.3 is 10.5 Å². The molecule has 0 bridgehead atoms. The molecule has 2 nitrogen and oxygen atoms in total. The van der Waals surface area contributed by atoms with E-state index in [0.29, 0.717) is 30.9 Å². The van der Waals surface area contributed by atoms with Gasteiger partial charge in [0.15, 0.2) is 0 Å². The zero-order chi connectivity index (χ0) is 14.2. The molecule has 0 amide bonds. The minimum absolute atomic E-state index is 0.489. The van der Waals surface area contributed by atoms with Crippen molar-refractivity contribution in [2.45, 2.75) is 51.1 Å². The highest BCUT2D eigenvalue weighted by atomic mass is 19.1. The van der Waals surface area contributed by atoms with Gasteiger partial charge in [0.2, 0.25) is 0 Å². The van der Waals surface area contributed by atoms with Crippen LogP contribution in [-0.2, 0) is 0 Å². The van der Waals surface area contributed by atoms with Crippen LogP contribution in [0.3, 0.4) is 0 Å². The number of alkyl halides is 1. The normalized spacial score (nSPS) is 17.9. The van der Waals surface area contributed by atoms with E-state index in [1.165, 1.54) is 32.1 Å². The van der Waals surface area contributed by atoms with Crippen LogP contribution in [0.1, 0.15) is 56.7 Å². The summed E-state index contributed by atoms with van der Waals surface area (Å²) in [5.74, 6) is 1.47. The number of rotatable bonds is 7. The first-order valence-electron chi connectivity index (χ1n) is 7.86. The Morgan fingerprint density at radius 2 is 2.05 bits per heavy atom. The topological polar surface area (TPSA) is 35.2 Å². The maximum Gasteiger partial charge on any atom is 0.125 e. The smallest absolute Gasteiger partial charge is 0.125 e. The number of ether oxygens (including phenoxy) is 1. The molecule has 1 saturated carbocycles. The van der Waals surface area contributed by atoms with E-state index in [1.54, 1.807) is 0 Å². The summed E-state index contributed by atoms with van der Waals surface area (Å²) in [5.41, 5.74) is 6.13. The van der Waals surface area contributed by atoms with Gasteiger partial charge in [0.1, 0.15) is 11.9 Å². The molecule has 2 N–H and O–H groups in total. The summed E-state index contributed by atoms with van der Waals surface area (Å²) in [4.78, 5) is 0. The summed E-state index contributed by atoms with van der Waals surface area (Å²) in [6.45, 7) is 1.31. The molecule has 1 atom stereocenters. The molecule has 1 aliphatic rings. The van der Waals surface area contributed by atoms with E-state index >= 15 is 0 Å². The van der Waals surface area contributed by atoms with Gasteiger partial charge in [0.25, 0.3) is 0 Å². The van der Waals surface area contributed by atoms with E-state index in [2.05, 4.69) is 0 Å². The van der Waals surface area contributed by atoms with Gasteiger partial charge in [-0.05, 0) is 55.8 Å². The van der Waals surface area contributed by atoms with Crippen LogP contribution < -0.4 is 10.5 Å². The van der Waals surface area contributed by atoms with Crippen LogP contribution in [0.15, 0.2) is 24.3 Å². The Morgan fingerprint density at radius 3 is 2.80 bits per heavy atom. The molecule has 0 saturated heterocycles. The summed E-state index contributed by atoms with van der Waals surface area (Å²) >= 11 is 0. The number of hydrogen-bond donors (Lipinski definition) is 1. The average molecular weight is 279 g/mol. The second-order valence-electron chi connectivity index (χ2n) is 5.79. The van der Waals surface area contributed by atoms with Crippen molar-refractivity contribution < 1.29 is 9.13 Å². The first kappa shape index (κ1) is 15.3. The van der Waals surface area contributed by atoms with E-state index < -0.39 is 6.17 Å². The van der Waals surface area contributed by atoms with Gasteiger partial charge in [0.05, 0.1) is 6.61 Å². The lowest BCUT2D eigenvalue weighted by Crippen LogP contribution is -2.15. The third-order valence-corrected chi connectivity index (χ3v) is 4.09. The molecule has 1 unspecified atom stereocenters. The van der Waals surface area contributed by atoms with Crippen molar-refractivity contribution in [2.75, 3.05) is 13.2 Å². The molecule has 1 aliphatic carbocycles. The minimum Gasteiger partial charge on any atom is -0.493 e. The Bertz CT molecular complexity index is 390. The molecular weight excluding hydrogens is 253 g/mol. The highest BCUT2D eigenvalue weighted by Gasteiger charge is 2.15. The fraction of sp³-hybridized carbons (Fsp3) is 0.647. The molecule has 2 rings (SSSR count). The highest BCUT2D eigenvalue weighted by Crippen LogP contribution is 2.28. The van der Waals surface area contributed by atoms with Crippen molar-refractivity contribution in [1.29, 1.82) is 0 Å². The maximum atomic E-state index is 14.0. The predicted octanol–water partition coefficient (Wildman–Crippen LogP) is 4.40. The lowest BCUT2D eigenvalue weighted by Gasteiger charge is -2.21. The maximum absolute atomic E-state index is 14.0. The van der Waals surface area contributed by atoms with Gasteiger partial charge in [-0.15, -0.1) is 0 Å². The second-order valence-corrected chi connectivity index (χ2v) is 5.79. The van der Waals surface area contributed by atoms with Crippen LogP contribution in [-0.4, -0.2) is 13.2 Å². The number of hydrogen-bond acceptors (Lipinski definition) is 2. The van der Waals surface area contributed by atoms with Crippen LogP contribution in [0.25, 0.3) is 0 Å². The molecule has 1 fully saturated rings. The van der Waals surface area contributed by atoms with Crippen LogP contribution in [0.5, 0.6) is 5.75 Å². The summed E-state index contributed by atoms with van der Waals surface area (Å²) < 4.78 is 19.8. The van der Waals surface area contributed by atoms with Gasteiger partial charge in [-0.2, -0.15) is 0 Å². The molecule has 0 spiro atoms. The molecule has 20 heavy (non-hydrogen) atoms. The zero-order valence-electron chi connectivity index (χ0n) is 12.2. The third-order valence-electron chi connectivity index (χ3n) is 4.09. The standard InChI is InChI=1S/C17H26FNO/c18-17(10-5-11-19)15-8-4-9-16(12-15)20-13-14-6-2-1-3-7-14/h4,8-9,12,14,17H,1-3,5-7,10-11,13,19H2. The van der Waals surface area contributed by atoms with Crippen molar-refractivity contribution in [3.63, 3.8) is 0 Å². The van der Waals surface area contributed by atoms with E-state index in [4.69, 9.17) is 10.5 Å². The predicted molar refractivity (Wildman–Crippen MR) is 80.6 cm³/mol. The van der Waals surface area contributed by atoms with Gasteiger partial charge in [-0.1, -0.05) is 31.4 Å². The molecule has 112 valence electrons. The van der Waals surface area contributed by atoms with Crippen LogP contribution >= 0.6 is 0 Å². The number of benzene rings is 1. The average Bonchev–Trinajstić information content (AvgIpc) is 2.52. The molecule has 0 heterocycles. The van der Waals surface area contributed by atoms with E-state index in [9.17, 15) is 4.39 Å². The lowest BCUT2D eigenvalue weighted by molar-refractivity contribution is 0.208. The molecular formula is C17H26FNO. The van der Waals surface area contributed by atoms with Gasteiger partial charge in [-0.3, -0.25) is 0 Å². The third kappa shape index (κ3) is 4.78. The van der Waals surface area contributed by atoms with Crippen LogP contribution in [0.4, 0.5) is 4.39 Å². The van der Waals surface area contributed by atoms with Crippen molar-refractivity contribution >= 4 is 0 Å².